The van der Waals surface area contributed by atoms with Crippen LogP contribution in [0.2, 0.25) is 0 Å². The first-order chi connectivity index (χ1) is 7.72. The van der Waals surface area contributed by atoms with E-state index in [-0.39, 0.29) is 11.6 Å². The van der Waals surface area contributed by atoms with Crippen LogP contribution < -0.4 is 5.69 Å². The van der Waals surface area contributed by atoms with Crippen LogP contribution in [0.5, 0.6) is 0 Å². The molecule has 1 aliphatic carbocycles. The number of imidazole rings is 1. The molecule has 5 nitrogen and oxygen atoms in total. The number of hydrogen-bond donors (Lipinski definition) is 2. The molecule has 0 saturated heterocycles. The Kier molecular flexibility index (Phi) is 3.12. The molecule has 0 bridgehead atoms. The lowest BCUT2D eigenvalue weighted by atomic mass is 9.86. The van der Waals surface area contributed by atoms with E-state index in [0.717, 1.165) is 31.4 Å². The third-order valence-electron chi connectivity index (χ3n) is 3.16. The molecule has 1 aliphatic rings. The molecule has 1 saturated carbocycles. The van der Waals surface area contributed by atoms with Gasteiger partial charge in [0.1, 0.15) is 5.69 Å². The van der Waals surface area contributed by atoms with Gasteiger partial charge in [0, 0.05) is 5.92 Å². The van der Waals surface area contributed by atoms with E-state index in [9.17, 15) is 9.59 Å². The van der Waals surface area contributed by atoms with E-state index in [0.29, 0.717) is 5.69 Å². The van der Waals surface area contributed by atoms with E-state index in [1.165, 1.54) is 13.5 Å². The summed E-state index contributed by atoms with van der Waals surface area (Å²) in [5.74, 6) is -0.194. The molecule has 0 radical (unpaired) electrons. The minimum absolute atomic E-state index is 0.279. The maximum Gasteiger partial charge on any atom is 0.356 e. The van der Waals surface area contributed by atoms with Gasteiger partial charge in [0.2, 0.25) is 0 Å². The third kappa shape index (κ3) is 2.03. The monoisotopic (exact) mass is 224 g/mol. The van der Waals surface area contributed by atoms with Crippen LogP contribution in [0, 0.1) is 0 Å². The summed E-state index contributed by atoms with van der Waals surface area (Å²) in [6, 6.07) is 0. The van der Waals surface area contributed by atoms with Crippen molar-refractivity contribution in [3.8, 4) is 0 Å². The Bertz CT molecular complexity index is 427. The zero-order valence-electron chi connectivity index (χ0n) is 9.34. The third-order valence-corrected chi connectivity index (χ3v) is 3.16. The highest BCUT2D eigenvalue weighted by atomic mass is 16.5. The Morgan fingerprint density at radius 1 is 1.25 bits per heavy atom. The molecule has 1 fully saturated rings. The average molecular weight is 224 g/mol. The number of esters is 1. The van der Waals surface area contributed by atoms with Crippen LogP contribution in [0.4, 0.5) is 0 Å². The minimum Gasteiger partial charge on any atom is -0.464 e. The number of aromatic nitrogens is 2. The topological polar surface area (TPSA) is 75.0 Å². The van der Waals surface area contributed by atoms with Gasteiger partial charge in [-0.15, -0.1) is 0 Å². The molecule has 0 aromatic carbocycles. The highest BCUT2D eigenvalue weighted by Crippen LogP contribution is 2.32. The quantitative estimate of drug-likeness (QED) is 0.748. The van der Waals surface area contributed by atoms with Gasteiger partial charge in [-0.1, -0.05) is 19.3 Å². The van der Waals surface area contributed by atoms with Crippen molar-refractivity contribution < 1.29 is 9.53 Å². The van der Waals surface area contributed by atoms with E-state index < -0.39 is 5.97 Å². The summed E-state index contributed by atoms with van der Waals surface area (Å²) in [7, 11) is 1.32. The fourth-order valence-corrected chi connectivity index (χ4v) is 2.36. The van der Waals surface area contributed by atoms with Crippen LogP contribution in [0.15, 0.2) is 4.79 Å². The zero-order chi connectivity index (χ0) is 11.5. The van der Waals surface area contributed by atoms with Crippen molar-refractivity contribution in [3.05, 3.63) is 21.9 Å². The fraction of sp³-hybridized carbons (Fsp3) is 0.636. The van der Waals surface area contributed by atoms with Crippen molar-refractivity contribution in [2.24, 2.45) is 0 Å². The summed E-state index contributed by atoms with van der Waals surface area (Å²) in [6.45, 7) is 0. The molecule has 1 aromatic heterocycles. The molecule has 2 N–H and O–H groups in total. The molecule has 16 heavy (non-hydrogen) atoms. The van der Waals surface area contributed by atoms with Crippen LogP contribution >= 0.6 is 0 Å². The second kappa shape index (κ2) is 4.55. The van der Waals surface area contributed by atoms with Gasteiger partial charge >= 0.3 is 11.7 Å². The van der Waals surface area contributed by atoms with E-state index >= 15 is 0 Å². The van der Waals surface area contributed by atoms with Crippen LogP contribution in [-0.4, -0.2) is 23.0 Å². The van der Waals surface area contributed by atoms with Crippen molar-refractivity contribution in [2.45, 2.75) is 38.0 Å². The number of rotatable bonds is 2. The number of ether oxygens (including phenoxy) is 1. The van der Waals surface area contributed by atoms with Gasteiger partial charge in [0.25, 0.3) is 0 Å². The average Bonchev–Trinajstić information content (AvgIpc) is 2.71. The smallest absolute Gasteiger partial charge is 0.356 e. The second-order valence-electron chi connectivity index (χ2n) is 4.19. The highest BCUT2D eigenvalue weighted by Gasteiger charge is 2.24. The maximum absolute atomic E-state index is 11.5. The van der Waals surface area contributed by atoms with Gasteiger partial charge in [-0.05, 0) is 12.8 Å². The van der Waals surface area contributed by atoms with Gasteiger partial charge in [0.05, 0.1) is 12.8 Å². The van der Waals surface area contributed by atoms with Crippen LogP contribution in [0.3, 0.4) is 0 Å². The van der Waals surface area contributed by atoms with Gasteiger partial charge in [0.15, 0.2) is 0 Å². The normalized spacial score (nSPS) is 17.3. The lowest BCUT2D eigenvalue weighted by Gasteiger charge is -2.20. The van der Waals surface area contributed by atoms with Gasteiger partial charge < -0.3 is 9.72 Å². The first-order valence-corrected chi connectivity index (χ1v) is 5.63. The highest BCUT2D eigenvalue weighted by molar-refractivity contribution is 5.88. The zero-order valence-corrected chi connectivity index (χ0v) is 9.34. The number of carbonyl (C=O) groups excluding carboxylic acids is 1. The Balaban J connectivity index is 2.31. The van der Waals surface area contributed by atoms with Gasteiger partial charge in [-0.3, -0.25) is 4.98 Å². The molecule has 2 rings (SSSR count). The first kappa shape index (κ1) is 11.0. The Hall–Kier alpha value is -1.52. The Labute approximate surface area is 93.2 Å². The molecule has 0 amide bonds. The fourth-order valence-electron chi connectivity index (χ4n) is 2.36. The van der Waals surface area contributed by atoms with Crippen molar-refractivity contribution in [1.82, 2.24) is 9.97 Å². The molecular weight excluding hydrogens is 208 g/mol. The summed E-state index contributed by atoms with van der Waals surface area (Å²) < 4.78 is 4.65. The van der Waals surface area contributed by atoms with Crippen molar-refractivity contribution in [2.75, 3.05) is 7.11 Å². The largest absolute Gasteiger partial charge is 0.464 e. The maximum atomic E-state index is 11.5. The van der Waals surface area contributed by atoms with E-state index in [2.05, 4.69) is 14.7 Å². The van der Waals surface area contributed by atoms with Crippen LogP contribution in [0.25, 0.3) is 0 Å². The molecular formula is C11H16N2O3. The number of carbonyl (C=O) groups is 1. The summed E-state index contributed by atoms with van der Waals surface area (Å²) in [5, 5.41) is 0. The predicted octanol–water partition coefficient (Wildman–Crippen LogP) is 1.54. The molecule has 1 heterocycles. The molecule has 5 heteroatoms. The van der Waals surface area contributed by atoms with Crippen molar-refractivity contribution >= 4 is 5.97 Å². The summed E-state index contributed by atoms with van der Waals surface area (Å²) in [4.78, 5) is 28.0. The molecule has 0 unspecified atom stereocenters. The molecule has 1 aromatic rings. The Morgan fingerprint density at radius 2 is 1.94 bits per heavy atom. The Morgan fingerprint density at radius 3 is 2.56 bits per heavy atom. The van der Waals surface area contributed by atoms with Gasteiger partial charge in [-0.2, -0.15) is 0 Å². The SMILES string of the molecule is COC(=O)c1[nH]c(=O)[nH]c1C1CCCCC1. The minimum atomic E-state index is -0.473. The standard InChI is InChI=1S/C11H16N2O3/c1-16-10(14)9-8(12-11(15)13-9)7-5-3-2-4-6-7/h7H,2-6H2,1H3,(H2,12,13,15). The summed E-state index contributed by atoms with van der Waals surface area (Å²) >= 11 is 0. The number of aromatic amines is 2. The lowest BCUT2D eigenvalue weighted by molar-refractivity contribution is 0.0592. The first-order valence-electron chi connectivity index (χ1n) is 5.63. The van der Waals surface area contributed by atoms with E-state index in [1.807, 2.05) is 0 Å². The van der Waals surface area contributed by atoms with Crippen LogP contribution in [0.1, 0.15) is 54.2 Å². The number of nitrogens with one attached hydrogen (secondary N) is 2. The molecule has 88 valence electrons. The van der Waals surface area contributed by atoms with Gasteiger partial charge in [-0.25, -0.2) is 9.59 Å². The number of H-pyrrole nitrogens is 2. The summed E-state index contributed by atoms with van der Waals surface area (Å²) in [6.07, 6.45) is 5.59. The lowest BCUT2D eigenvalue weighted by Crippen LogP contribution is -2.11. The van der Waals surface area contributed by atoms with Crippen molar-refractivity contribution in [1.29, 1.82) is 0 Å². The molecule has 0 atom stereocenters. The number of methoxy groups -OCH3 is 1. The summed E-state index contributed by atoms with van der Waals surface area (Å²) in [5.41, 5.74) is 0.678. The predicted molar refractivity (Wildman–Crippen MR) is 58.6 cm³/mol. The van der Waals surface area contributed by atoms with E-state index in [1.54, 1.807) is 0 Å². The molecule has 0 aliphatic heterocycles. The number of hydrogen-bond acceptors (Lipinski definition) is 3. The van der Waals surface area contributed by atoms with Crippen LogP contribution in [-0.2, 0) is 4.74 Å². The second-order valence-corrected chi connectivity index (χ2v) is 4.19. The van der Waals surface area contributed by atoms with Crippen molar-refractivity contribution in [3.63, 3.8) is 0 Å². The van der Waals surface area contributed by atoms with E-state index in [4.69, 9.17) is 0 Å². The molecule has 0 spiro atoms.